The molecule has 0 amide bonds. The van der Waals surface area contributed by atoms with Crippen molar-refractivity contribution in [3.63, 3.8) is 0 Å². The lowest BCUT2D eigenvalue weighted by Crippen LogP contribution is -2.49. The van der Waals surface area contributed by atoms with E-state index in [0.29, 0.717) is 6.54 Å². The van der Waals surface area contributed by atoms with Gasteiger partial charge in [0.15, 0.2) is 5.75 Å². The third-order valence-corrected chi connectivity index (χ3v) is 8.90. The molecule has 7 nitrogen and oxygen atoms in total. The molecule has 0 aromatic heterocycles. The molecule has 37 heavy (non-hydrogen) atoms. The highest BCUT2D eigenvalue weighted by Crippen LogP contribution is 2.40. The molecule has 1 aliphatic heterocycles. The van der Waals surface area contributed by atoms with Crippen LogP contribution in [0.5, 0.6) is 11.5 Å². The molecule has 3 aromatic carbocycles. The summed E-state index contributed by atoms with van der Waals surface area (Å²) in [7, 11) is -2.25. The summed E-state index contributed by atoms with van der Waals surface area (Å²) in [6.45, 7) is 5.19. The molecule has 4 rings (SSSR count). The van der Waals surface area contributed by atoms with Crippen LogP contribution in [0.15, 0.2) is 70.5 Å². The molecule has 1 saturated heterocycles. The van der Waals surface area contributed by atoms with Crippen molar-refractivity contribution in [2.24, 2.45) is 0 Å². The molecule has 1 N–H and O–H groups in total. The molecule has 10 heteroatoms. The number of anilines is 1. The van der Waals surface area contributed by atoms with E-state index in [2.05, 4.69) is 9.80 Å². The van der Waals surface area contributed by atoms with Crippen LogP contribution in [0.2, 0.25) is 10.0 Å². The minimum Gasteiger partial charge on any atom is -0.495 e. The Hall–Kier alpha value is -2.49. The Balaban J connectivity index is 1.40. The number of para-hydroxylation sites is 2. The molecule has 0 spiro atoms. The number of methoxy groups -OCH3 is 1. The minimum absolute atomic E-state index is 0.00697. The monoisotopic (exact) mass is 564 g/mol. The number of sulfone groups is 1. The number of benzene rings is 3. The Labute approximate surface area is 228 Å². The Morgan fingerprint density at radius 3 is 2.32 bits per heavy atom. The number of β-amino-alcohol motifs (C(OH)–C–C–N with tert-alkyl or cyclic N) is 1. The number of rotatable bonds is 9. The highest BCUT2D eigenvalue weighted by Gasteiger charge is 2.27. The molecule has 1 heterocycles. The van der Waals surface area contributed by atoms with Gasteiger partial charge in [0.25, 0.3) is 0 Å². The number of aliphatic hydroxyl groups is 1. The summed E-state index contributed by atoms with van der Waals surface area (Å²) >= 11 is 12.5. The van der Waals surface area contributed by atoms with Gasteiger partial charge in [0.05, 0.1) is 22.7 Å². The van der Waals surface area contributed by atoms with Gasteiger partial charge in [-0.1, -0.05) is 53.0 Å². The van der Waals surface area contributed by atoms with Crippen LogP contribution in [-0.2, 0) is 9.84 Å². The first kappa shape index (κ1) is 27.5. The second-order valence-corrected chi connectivity index (χ2v) is 11.6. The van der Waals surface area contributed by atoms with E-state index in [4.69, 9.17) is 32.7 Å². The third-order valence-electron chi connectivity index (χ3n) is 6.32. The highest BCUT2D eigenvalue weighted by atomic mass is 35.5. The van der Waals surface area contributed by atoms with Gasteiger partial charge in [0, 0.05) is 32.7 Å². The second kappa shape index (κ2) is 11.9. The summed E-state index contributed by atoms with van der Waals surface area (Å²) in [5.41, 5.74) is 1.99. The van der Waals surface area contributed by atoms with Crippen molar-refractivity contribution in [3.05, 3.63) is 76.3 Å². The van der Waals surface area contributed by atoms with Crippen molar-refractivity contribution in [2.45, 2.75) is 22.8 Å². The van der Waals surface area contributed by atoms with Gasteiger partial charge >= 0.3 is 0 Å². The van der Waals surface area contributed by atoms with Gasteiger partial charge in [0.1, 0.15) is 28.4 Å². The van der Waals surface area contributed by atoms with Crippen molar-refractivity contribution >= 4 is 38.7 Å². The zero-order valence-electron chi connectivity index (χ0n) is 20.7. The Morgan fingerprint density at radius 2 is 1.65 bits per heavy atom. The molecule has 1 fully saturated rings. The van der Waals surface area contributed by atoms with Crippen molar-refractivity contribution in [2.75, 3.05) is 51.3 Å². The van der Waals surface area contributed by atoms with E-state index >= 15 is 0 Å². The number of aliphatic hydroxyl groups excluding tert-OH is 1. The number of nitrogens with zero attached hydrogens (tertiary/aromatic N) is 2. The number of hydrogen-bond acceptors (Lipinski definition) is 7. The number of aryl methyl sites for hydroxylation is 1. The SMILES string of the molecule is COc1ccccc1N1CCN(CC(O)COc2c(S(=O)(=O)c3ccc(C)cc3)ccc(Cl)c2Cl)CC1. The average Bonchev–Trinajstić information content (AvgIpc) is 2.90. The lowest BCUT2D eigenvalue weighted by molar-refractivity contribution is 0.0653. The Morgan fingerprint density at radius 1 is 0.973 bits per heavy atom. The molecule has 1 aliphatic rings. The van der Waals surface area contributed by atoms with Crippen LogP contribution in [0.1, 0.15) is 5.56 Å². The van der Waals surface area contributed by atoms with Crippen molar-refractivity contribution in [1.29, 1.82) is 0 Å². The van der Waals surface area contributed by atoms with Crippen LogP contribution in [0.25, 0.3) is 0 Å². The molecule has 0 bridgehead atoms. The summed E-state index contributed by atoms with van der Waals surface area (Å²) in [6, 6.07) is 17.2. The maximum Gasteiger partial charge on any atom is 0.210 e. The van der Waals surface area contributed by atoms with Crippen LogP contribution in [0.3, 0.4) is 0 Å². The van der Waals surface area contributed by atoms with Crippen LogP contribution in [0.4, 0.5) is 5.69 Å². The van der Waals surface area contributed by atoms with E-state index in [9.17, 15) is 13.5 Å². The zero-order chi connectivity index (χ0) is 26.6. The van der Waals surface area contributed by atoms with Crippen molar-refractivity contribution in [1.82, 2.24) is 4.90 Å². The lowest BCUT2D eigenvalue weighted by Gasteiger charge is -2.37. The van der Waals surface area contributed by atoms with Crippen LogP contribution in [0, 0.1) is 6.92 Å². The van der Waals surface area contributed by atoms with E-state index in [1.165, 1.54) is 24.3 Å². The van der Waals surface area contributed by atoms with Gasteiger partial charge in [-0.25, -0.2) is 8.42 Å². The number of ether oxygens (including phenoxy) is 2. The summed E-state index contributed by atoms with van der Waals surface area (Å²) in [4.78, 5) is 4.42. The first-order chi connectivity index (χ1) is 17.7. The summed E-state index contributed by atoms with van der Waals surface area (Å²) < 4.78 is 37.9. The maximum absolute atomic E-state index is 13.3. The topological polar surface area (TPSA) is 79.3 Å². The molecule has 3 aromatic rings. The van der Waals surface area contributed by atoms with Crippen LogP contribution < -0.4 is 14.4 Å². The van der Waals surface area contributed by atoms with E-state index in [1.54, 1.807) is 19.2 Å². The quantitative estimate of drug-likeness (QED) is 0.403. The molecular formula is C27H30Cl2N2O5S. The highest BCUT2D eigenvalue weighted by molar-refractivity contribution is 7.91. The van der Waals surface area contributed by atoms with Crippen molar-refractivity contribution in [3.8, 4) is 11.5 Å². The number of halogens is 2. The Kier molecular flexibility index (Phi) is 8.87. The molecule has 0 aliphatic carbocycles. The van der Waals surface area contributed by atoms with E-state index < -0.39 is 15.9 Å². The molecular weight excluding hydrogens is 535 g/mol. The predicted octanol–water partition coefficient (Wildman–Crippen LogP) is 4.71. The second-order valence-electron chi connectivity index (χ2n) is 8.93. The Bertz CT molecular complexity index is 1330. The fraction of sp³-hybridized carbons (Fsp3) is 0.333. The smallest absolute Gasteiger partial charge is 0.210 e. The lowest BCUT2D eigenvalue weighted by atomic mass is 10.2. The predicted molar refractivity (Wildman–Crippen MR) is 146 cm³/mol. The number of piperazine rings is 1. The average molecular weight is 566 g/mol. The fourth-order valence-corrected chi connectivity index (χ4v) is 6.12. The number of hydrogen-bond donors (Lipinski definition) is 1. The molecule has 1 unspecified atom stereocenters. The van der Waals surface area contributed by atoms with Gasteiger partial charge < -0.3 is 19.5 Å². The normalized spacial score (nSPS) is 15.4. The van der Waals surface area contributed by atoms with Gasteiger partial charge in [-0.3, -0.25) is 4.90 Å². The largest absolute Gasteiger partial charge is 0.495 e. The van der Waals surface area contributed by atoms with E-state index in [0.717, 1.165) is 43.2 Å². The van der Waals surface area contributed by atoms with Gasteiger partial charge in [-0.15, -0.1) is 0 Å². The zero-order valence-corrected chi connectivity index (χ0v) is 23.1. The van der Waals surface area contributed by atoms with Gasteiger partial charge in [-0.2, -0.15) is 0 Å². The summed E-state index contributed by atoms with van der Waals surface area (Å²) in [5, 5.41) is 10.9. The van der Waals surface area contributed by atoms with Gasteiger partial charge in [0.2, 0.25) is 9.84 Å². The first-order valence-electron chi connectivity index (χ1n) is 11.9. The van der Waals surface area contributed by atoms with Crippen molar-refractivity contribution < 1.29 is 23.0 Å². The third kappa shape index (κ3) is 6.33. The maximum atomic E-state index is 13.3. The molecule has 0 radical (unpaired) electrons. The fourth-order valence-electron chi connectivity index (χ4n) is 4.30. The summed E-state index contributed by atoms with van der Waals surface area (Å²) in [6.07, 6.45) is -0.859. The molecule has 1 atom stereocenters. The first-order valence-corrected chi connectivity index (χ1v) is 14.2. The van der Waals surface area contributed by atoms with Crippen LogP contribution in [-0.4, -0.2) is 71.0 Å². The molecule has 0 saturated carbocycles. The summed E-state index contributed by atoms with van der Waals surface area (Å²) in [5.74, 6) is 0.772. The standard InChI is InChI=1S/C27H30Cl2N2O5S/c1-19-7-9-21(10-8-19)37(33,34)25-12-11-22(28)26(29)27(25)36-18-20(32)17-30-13-15-31(16-14-30)23-5-3-4-6-24(23)35-2/h3-12,20,32H,13-18H2,1-2H3. The van der Waals surface area contributed by atoms with E-state index in [1.807, 2.05) is 31.2 Å². The van der Waals surface area contributed by atoms with Gasteiger partial charge in [-0.05, 0) is 43.3 Å². The molecule has 198 valence electrons. The van der Waals surface area contributed by atoms with Crippen LogP contribution >= 0.6 is 23.2 Å². The minimum atomic E-state index is -3.91. The van der Waals surface area contributed by atoms with E-state index in [-0.39, 0.29) is 32.2 Å².